The van der Waals surface area contributed by atoms with Gasteiger partial charge in [0, 0.05) is 53.4 Å². The molecule has 7 heteroatoms. The van der Waals surface area contributed by atoms with Crippen molar-refractivity contribution in [1.82, 2.24) is 20.4 Å². The van der Waals surface area contributed by atoms with Gasteiger partial charge in [0.1, 0.15) is 0 Å². The minimum atomic E-state index is 0.0738. The van der Waals surface area contributed by atoms with Gasteiger partial charge in [0.05, 0.1) is 13.2 Å². The quantitative estimate of drug-likeness (QED) is 0.375. The minimum absolute atomic E-state index is 0.0738. The number of ether oxygens (including phenoxy) is 1. The third kappa shape index (κ3) is 8.05. The van der Waals surface area contributed by atoms with Crippen molar-refractivity contribution in [3.05, 3.63) is 0 Å². The number of methoxy groups -OCH3 is 1. The molecule has 1 aliphatic carbocycles. The number of amides is 1. The highest BCUT2D eigenvalue weighted by molar-refractivity contribution is 5.80. The zero-order valence-electron chi connectivity index (χ0n) is 17.5. The van der Waals surface area contributed by atoms with E-state index in [4.69, 9.17) is 4.74 Å². The van der Waals surface area contributed by atoms with Gasteiger partial charge in [-0.25, -0.2) is 0 Å². The van der Waals surface area contributed by atoms with Gasteiger partial charge in [-0.15, -0.1) is 0 Å². The predicted octanol–water partition coefficient (Wildman–Crippen LogP) is 1.16. The van der Waals surface area contributed by atoms with Crippen LogP contribution in [0.1, 0.15) is 39.0 Å². The van der Waals surface area contributed by atoms with Gasteiger partial charge in [-0.2, -0.15) is 0 Å². The summed E-state index contributed by atoms with van der Waals surface area (Å²) in [5, 5.41) is 6.44. The molecule has 2 atom stereocenters. The van der Waals surface area contributed by atoms with Crippen molar-refractivity contribution >= 4 is 11.9 Å². The average molecular weight is 382 g/mol. The summed E-state index contributed by atoms with van der Waals surface area (Å²) < 4.78 is 4.96. The van der Waals surface area contributed by atoms with E-state index in [0.717, 1.165) is 50.5 Å². The molecule has 2 N–H and O–H groups in total. The Labute approximate surface area is 164 Å². The first-order chi connectivity index (χ1) is 13.1. The van der Waals surface area contributed by atoms with Crippen molar-refractivity contribution in [2.24, 2.45) is 16.8 Å². The Morgan fingerprint density at radius 3 is 2.59 bits per heavy atom. The molecule has 27 heavy (non-hydrogen) atoms. The maximum absolute atomic E-state index is 11.9. The number of rotatable bonds is 8. The van der Waals surface area contributed by atoms with Crippen LogP contribution in [-0.4, -0.2) is 88.2 Å². The molecule has 2 fully saturated rings. The second kappa shape index (κ2) is 12.2. The van der Waals surface area contributed by atoms with Gasteiger partial charge >= 0.3 is 0 Å². The summed E-state index contributed by atoms with van der Waals surface area (Å²) in [6, 6.07) is 0. The molecule has 1 amide bonds. The van der Waals surface area contributed by atoms with E-state index >= 15 is 0 Å². The Balaban J connectivity index is 1.63. The van der Waals surface area contributed by atoms with Crippen LogP contribution in [0.4, 0.5) is 0 Å². The fourth-order valence-corrected chi connectivity index (χ4v) is 4.21. The van der Waals surface area contributed by atoms with E-state index in [2.05, 4.69) is 32.3 Å². The lowest BCUT2D eigenvalue weighted by Crippen LogP contribution is -2.54. The van der Waals surface area contributed by atoms with E-state index in [0.29, 0.717) is 19.7 Å². The molecule has 0 aromatic carbocycles. The molecule has 7 nitrogen and oxygen atoms in total. The normalized spacial score (nSPS) is 24.7. The number of carbonyl (C=O) groups is 1. The first-order valence-electron chi connectivity index (χ1n) is 10.6. The predicted molar refractivity (Wildman–Crippen MR) is 110 cm³/mol. The Hall–Kier alpha value is -1.34. The lowest BCUT2D eigenvalue weighted by atomic mass is 9.81. The smallest absolute Gasteiger partial charge is 0.234 e. The van der Waals surface area contributed by atoms with Crippen molar-refractivity contribution in [3.63, 3.8) is 0 Å². The molecule has 0 radical (unpaired) electrons. The second-order valence-electron chi connectivity index (χ2n) is 8.01. The van der Waals surface area contributed by atoms with Gasteiger partial charge in [0.25, 0.3) is 0 Å². The van der Waals surface area contributed by atoms with E-state index in [1.54, 1.807) is 7.11 Å². The van der Waals surface area contributed by atoms with E-state index in [1.807, 2.05) is 7.05 Å². The number of nitrogens with zero attached hydrogens (tertiary/aromatic N) is 3. The van der Waals surface area contributed by atoms with Crippen molar-refractivity contribution in [3.8, 4) is 0 Å². The molecule has 1 heterocycles. The van der Waals surface area contributed by atoms with Crippen LogP contribution in [0.2, 0.25) is 0 Å². The lowest BCUT2D eigenvalue weighted by molar-refractivity contribution is -0.122. The fourth-order valence-electron chi connectivity index (χ4n) is 4.21. The third-order valence-corrected chi connectivity index (χ3v) is 5.76. The molecular formula is C20H39N5O2. The van der Waals surface area contributed by atoms with Gasteiger partial charge in [0.2, 0.25) is 5.91 Å². The summed E-state index contributed by atoms with van der Waals surface area (Å²) >= 11 is 0. The van der Waals surface area contributed by atoms with Gasteiger partial charge in [-0.3, -0.25) is 14.7 Å². The summed E-state index contributed by atoms with van der Waals surface area (Å²) in [5.41, 5.74) is 0. The summed E-state index contributed by atoms with van der Waals surface area (Å²) in [6.45, 7) is 8.58. The Morgan fingerprint density at radius 1 is 1.15 bits per heavy atom. The summed E-state index contributed by atoms with van der Waals surface area (Å²) in [6.07, 6.45) is 6.80. The van der Waals surface area contributed by atoms with Crippen LogP contribution in [0.3, 0.4) is 0 Å². The van der Waals surface area contributed by atoms with Crippen LogP contribution < -0.4 is 10.6 Å². The SMILES string of the molecule is CN=C(NCCC1CCCC(C)C1)N1CCN(CC(=O)NCCOC)CC1. The highest BCUT2D eigenvalue weighted by atomic mass is 16.5. The minimum Gasteiger partial charge on any atom is -0.383 e. The molecule has 1 saturated carbocycles. The standard InChI is InChI=1S/C20H39N5O2/c1-17-5-4-6-18(15-17)7-8-23-20(21-2)25-12-10-24(11-13-25)16-19(26)22-9-14-27-3/h17-18H,4-16H2,1-3H3,(H,21,23)(H,22,26). The van der Waals surface area contributed by atoms with Crippen LogP contribution in [-0.2, 0) is 9.53 Å². The number of hydrogen-bond donors (Lipinski definition) is 2. The maximum Gasteiger partial charge on any atom is 0.234 e. The maximum atomic E-state index is 11.9. The number of guanidine groups is 1. The monoisotopic (exact) mass is 381 g/mol. The van der Waals surface area contributed by atoms with E-state index < -0.39 is 0 Å². The van der Waals surface area contributed by atoms with Gasteiger partial charge in [0.15, 0.2) is 5.96 Å². The molecule has 1 aliphatic heterocycles. The van der Waals surface area contributed by atoms with Gasteiger partial charge < -0.3 is 20.3 Å². The average Bonchev–Trinajstić information content (AvgIpc) is 2.66. The summed E-state index contributed by atoms with van der Waals surface area (Å²) in [4.78, 5) is 20.9. The van der Waals surface area contributed by atoms with E-state index in [9.17, 15) is 4.79 Å². The lowest BCUT2D eigenvalue weighted by Gasteiger charge is -2.36. The number of carbonyl (C=O) groups excluding carboxylic acids is 1. The Kier molecular flexibility index (Phi) is 9.91. The summed E-state index contributed by atoms with van der Waals surface area (Å²) in [5.74, 6) is 2.84. The first-order valence-corrected chi connectivity index (χ1v) is 10.6. The molecule has 0 aromatic heterocycles. The van der Waals surface area contributed by atoms with E-state index in [1.165, 1.54) is 32.1 Å². The second-order valence-corrected chi connectivity index (χ2v) is 8.01. The molecule has 2 rings (SSSR count). The van der Waals surface area contributed by atoms with Crippen molar-refractivity contribution in [2.45, 2.75) is 39.0 Å². The van der Waals surface area contributed by atoms with Crippen LogP contribution in [0.15, 0.2) is 4.99 Å². The molecule has 2 aliphatic rings. The molecular weight excluding hydrogens is 342 g/mol. The van der Waals surface area contributed by atoms with Crippen LogP contribution in [0.25, 0.3) is 0 Å². The van der Waals surface area contributed by atoms with Crippen LogP contribution in [0.5, 0.6) is 0 Å². The topological polar surface area (TPSA) is 69.2 Å². The van der Waals surface area contributed by atoms with Crippen molar-refractivity contribution in [2.75, 3.05) is 66.6 Å². The molecule has 0 spiro atoms. The molecule has 1 saturated heterocycles. The molecule has 0 bridgehead atoms. The number of hydrogen-bond acceptors (Lipinski definition) is 4. The van der Waals surface area contributed by atoms with Crippen LogP contribution in [0, 0.1) is 11.8 Å². The Morgan fingerprint density at radius 2 is 1.93 bits per heavy atom. The first kappa shape index (κ1) is 22.0. The zero-order chi connectivity index (χ0) is 19.5. The highest BCUT2D eigenvalue weighted by Gasteiger charge is 2.22. The number of aliphatic imine (C=N–C) groups is 1. The van der Waals surface area contributed by atoms with Crippen molar-refractivity contribution < 1.29 is 9.53 Å². The molecule has 156 valence electrons. The largest absolute Gasteiger partial charge is 0.383 e. The molecule has 2 unspecified atom stereocenters. The zero-order valence-corrected chi connectivity index (χ0v) is 17.5. The van der Waals surface area contributed by atoms with Crippen LogP contribution >= 0.6 is 0 Å². The van der Waals surface area contributed by atoms with Gasteiger partial charge in [-0.1, -0.05) is 26.2 Å². The Bertz CT molecular complexity index is 463. The fraction of sp³-hybridized carbons (Fsp3) is 0.900. The van der Waals surface area contributed by atoms with E-state index in [-0.39, 0.29) is 5.91 Å². The summed E-state index contributed by atoms with van der Waals surface area (Å²) in [7, 11) is 3.50. The number of nitrogens with one attached hydrogen (secondary N) is 2. The highest BCUT2D eigenvalue weighted by Crippen LogP contribution is 2.30. The molecule has 0 aromatic rings. The third-order valence-electron chi connectivity index (χ3n) is 5.76. The van der Waals surface area contributed by atoms with Gasteiger partial charge in [-0.05, 0) is 24.7 Å². The number of piperazine rings is 1. The van der Waals surface area contributed by atoms with Crippen molar-refractivity contribution in [1.29, 1.82) is 0 Å².